The Balaban J connectivity index is 1.68. The molecular weight excluding hydrogens is 322 g/mol. The number of carbonyl (C=O) groups is 1. The Hall–Kier alpha value is -2.84. The zero-order valence-electron chi connectivity index (χ0n) is 14.9. The Labute approximate surface area is 144 Å². The zero-order valence-corrected chi connectivity index (χ0v) is 14.9. The summed E-state index contributed by atoms with van der Waals surface area (Å²) in [4.78, 5) is 20.9. The lowest BCUT2D eigenvalue weighted by atomic mass is 10.2. The number of aromatic nitrogens is 6. The fourth-order valence-corrected chi connectivity index (χ4v) is 2.44. The molecule has 132 valence electrons. The van der Waals surface area contributed by atoms with E-state index in [-0.39, 0.29) is 24.3 Å². The van der Waals surface area contributed by atoms with Gasteiger partial charge in [0, 0.05) is 17.3 Å². The normalized spacial score (nSPS) is 12.7. The molecule has 1 amide bonds. The van der Waals surface area contributed by atoms with Crippen molar-refractivity contribution < 1.29 is 9.21 Å². The van der Waals surface area contributed by atoms with Gasteiger partial charge >= 0.3 is 0 Å². The van der Waals surface area contributed by atoms with Gasteiger partial charge in [-0.1, -0.05) is 13.8 Å². The van der Waals surface area contributed by atoms with E-state index in [1.165, 1.54) is 0 Å². The minimum absolute atomic E-state index is 0.0529. The van der Waals surface area contributed by atoms with E-state index in [9.17, 15) is 4.79 Å². The van der Waals surface area contributed by atoms with Crippen LogP contribution in [-0.2, 0) is 11.2 Å². The third-order valence-electron chi connectivity index (χ3n) is 3.68. The Morgan fingerprint density at radius 1 is 1.20 bits per heavy atom. The molecule has 0 spiro atoms. The number of hydrogen-bond donors (Lipinski definition) is 1. The largest absolute Gasteiger partial charge is 0.423 e. The van der Waals surface area contributed by atoms with Crippen LogP contribution in [0.3, 0.4) is 0 Å². The Morgan fingerprint density at radius 2 is 1.92 bits per heavy atom. The maximum atomic E-state index is 12.3. The van der Waals surface area contributed by atoms with Gasteiger partial charge in [0.25, 0.3) is 5.78 Å². The molecular formula is C16H21N7O2. The summed E-state index contributed by atoms with van der Waals surface area (Å²) in [5, 5.41) is 15.1. The van der Waals surface area contributed by atoms with Crippen molar-refractivity contribution in [2.75, 3.05) is 0 Å². The van der Waals surface area contributed by atoms with Crippen LogP contribution in [0.5, 0.6) is 0 Å². The van der Waals surface area contributed by atoms with Crippen LogP contribution in [-0.4, -0.2) is 35.7 Å². The molecule has 0 fully saturated rings. The van der Waals surface area contributed by atoms with Gasteiger partial charge in [0.15, 0.2) is 5.82 Å². The van der Waals surface area contributed by atoms with Crippen LogP contribution in [0.4, 0.5) is 0 Å². The Morgan fingerprint density at radius 3 is 2.60 bits per heavy atom. The van der Waals surface area contributed by atoms with Crippen molar-refractivity contribution in [3.63, 3.8) is 0 Å². The molecule has 3 aromatic rings. The first-order valence-electron chi connectivity index (χ1n) is 8.16. The third-order valence-corrected chi connectivity index (χ3v) is 3.68. The molecule has 1 atom stereocenters. The van der Waals surface area contributed by atoms with Crippen LogP contribution >= 0.6 is 0 Å². The Kier molecular flexibility index (Phi) is 4.47. The van der Waals surface area contributed by atoms with Crippen molar-refractivity contribution in [3.8, 4) is 0 Å². The van der Waals surface area contributed by atoms with E-state index in [1.807, 2.05) is 33.8 Å². The number of hydrogen-bond acceptors (Lipinski definition) is 7. The zero-order chi connectivity index (χ0) is 18.1. The summed E-state index contributed by atoms with van der Waals surface area (Å²) >= 11 is 0. The minimum atomic E-state index is -0.383. The van der Waals surface area contributed by atoms with Crippen molar-refractivity contribution in [2.45, 2.75) is 53.0 Å². The summed E-state index contributed by atoms with van der Waals surface area (Å²) in [6.07, 6.45) is 0.0529. The third kappa shape index (κ3) is 3.65. The molecule has 0 saturated carbocycles. The van der Waals surface area contributed by atoms with E-state index in [0.717, 1.165) is 11.4 Å². The second-order valence-electron chi connectivity index (χ2n) is 6.38. The number of nitrogens with zero attached hydrogens (tertiary/aromatic N) is 6. The second-order valence-corrected chi connectivity index (χ2v) is 6.38. The van der Waals surface area contributed by atoms with E-state index in [1.54, 1.807) is 11.4 Å². The van der Waals surface area contributed by atoms with E-state index in [2.05, 4.69) is 30.6 Å². The number of amides is 1. The average Bonchev–Trinajstić information content (AvgIpc) is 3.13. The number of rotatable bonds is 5. The van der Waals surface area contributed by atoms with Crippen LogP contribution < -0.4 is 5.32 Å². The van der Waals surface area contributed by atoms with Crippen LogP contribution in [0.2, 0.25) is 0 Å². The standard InChI is InChI=1S/C16H21N7O2/c1-8(2)14-20-21-15(25-14)11(5)18-13(24)7-12-19-16-17-9(3)6-10(4)23(16)22-12/h6,8,11H,7H2,1-5H3,(H,18,24)/t11-/m1/s1. The predicted molar refractivity (Wildman–Crippen MR) is 88.9 cm³/mol. The van der Waals surface area contributed by atoms with E-state index >= 15 is 0 Å². The number of carbonyl (C=O) groups excluding carboxylic acids is 1. The molecule has 9 heteroatoms. The first kappa shape index (κ1) is 17.0. The monoisotopic (exact) mass is 343 g/mol. The molecule has 0 aliphatic heterocycles. The molecule has 0 aliphatic carbocycles. The summed E-state index contributed by atoms with van der Waals surface area (Å²) in [5.74, 6) is 1.77. The molecule has 25 heavy (non-hydrogen) atoms. The first-order valence-corrected chi connectivity index (χ1v) is 8.16. The van der Waals surface area contributed by atoms with Gasteiger partial charge in [-0.15, -0.1) is 15.3 Å². The van der Waals surface area contributed by atoms with Gasteiger partial charge in [0.05, 0.1) is 6.42 Å². The van der Waals surface area contributed by atoms with E-state index in [0.29, 0.717) is 23.4 Å². The molecule has 0 aliphatic rings. The summed E-state index contributed by atoms with van der Waals surface area (Å²) in [6.45, 7) is 9.54. The number of fused-ring (bicyclic) bond motifs is 1. The molecule has 1 N–H and O–H groups in total. The number of nitrogens with one attached hydrogen (secondary N) is 1. The fraction of sp³-hybridized carbons (Fsp3) is 0.500. The quantitative estimate of drug-likeness (QED) is 0.750. The minimum Gasteiger partial charge on any atom is -0.423 e. The van der Waals surface area contributed by atoms with Gasteiger partial charge in [0.1, 0.15) is 6.04 Å². The lowest BCUT2D eigenvalue weighted by Crippen LogP contribution is -2.28. The lowest BCUT2D eigenvalue weighted by Gasteiger charge is -2.08. The highest BCUT2D eigenvalue weighted by molar-refractivity contribution is 5.78. The van der Waals surface area contributed by atoms with Crippen LogP contribution in [0.1, 0.15) is 61.7 Å². The van der Waals surface area contributed by atoms with Crippen LogP contribution in [0.25, 0.3) is 5.78 Å². The molecule has 0 radical (unpaired) electrons. The topological polar surface area (TPSA) is 111 Å². The van der Waals surface area contributed by atoms with Crippen LogP contribution in [0.15, 0.2) is 10.5 Å². The summed E-state index contributed by atoms with van der Waals surface area (Å²) < 4.78 is 7.18. The molecule has 3 heterocycles. The van der Waals surface area contributed by atoms with Crippen LogP contribution in [0, 0.1) is 13.8 Å². The number of aryl methyl sites for hydroxylation is 2. The van der Waals surface area contributed by atoms with E-state index in [4.69, 9.17) is 4.42 Å². The SMILES string of the molecule is Cc1cc(C)n2nc(CC(=O)N[C@H](C)c3nnc(C(C)C)o3)nc2n1. The molecule has 0 bridgehead atoms. The first-order chi connectivity index (χ1) is 11.8. The maximum Gasteiger partial charge on any atom is 0.252 e. The molecule has 0 aromatic carbocycles. The van der Waals surface area contributed by atoms with Gasteiger partial charge < -0.3 is 9.73 Å². The van der Waals surface area contributed by atoms with Gasteiger partial charge in [-0.2, -0.15) is 4.98 Å². The molecule has 3 rings (SSSR count). The molecule has 3 aromatic heterocycles. The Bertz CT molecular complexity index is 912. The molecule has 9 nitrogen and oxygen atoms in total. The van der Waals surface area contributed by atoms with Gasteiger partial charge in [0.2, 0.25) is 17.7 Å². The summed E-state index contributed by atoms with van der Waals surface area (Å²) in [5.41, 5.74) is 1.78. The predicted octanol–water partition coefficient (Wildman–Crippen LogP) is 1.67. The highest BCUT2D eigenvalue weighted by Gasteiger charge is 2.19. The lowest BCUT2D eigenvalue weighted by molar-refractivity contribution is -0.121. The van der Waals surface area contributed by atoms with Crippen molar-refractivity contribution in [3.05, 3.63) is 35.1 Å². The van der Waals surface area contributed by atoms with Gasteiger partial charge in [-0.3, -0.25) is 4.79 Å². The highest BCUT2D eigenvalue weighted by Crippen LogP contribution is 2.16. The van der Waals surface area contributed by atoms with E-state index < -0.39 is 0 Å². The van der Waals surface area contributed by atoms with Gasteiger partial charge in [-0.25, -0.2) is 9.50 Å². The van der Waals surface area contributed by atoms with Crippen molar-refractivity contribution in [1.29, 1.82) is 0 Å². The summed E-state index contributed by atoms with van der Waals surface area (Å²) in [7, 11) is 0. The average molecular weight is 343 g/mol. The smallest absolute Gasteiger partial charge is 0.252 e. The van der Waals surface area contributed by atoms with Crippen molar-refractivity contribution >= 4 is 11.7 Å². The molecule has 0 unspecified atom stereocenters. The fourth-order valence-electron chi connectivity index (χ4n) is 2.44. The maximum absolute atomic E-state index is 12.3. The highest BCUT2D eigenvalue weighted by atomic mass is 16.4. The molecule has 0 saturated heterocycles. The second kappa shape index (κ2) is 6.58. The van der Waals surface area contributed by atoms with Crippen molar-refractivity contribution in [1.82, 2.24) is 35.1 Å². The summed E-state index contributed by atoms with van der Waals surface area (Å²) in [6, 6.07) is 1.53. The van der Waals surface area contributed by atoms with Crippen molar-refractivity contribution in [2.24, 2.45) is 0 Å². The van der Waals surface area contributed by atoms with Gasteiger partial charge in [-0.05, 0) is 26.8 Å².